The van der Waals surface area contributed by atoms with Crippen LogP contribution < -0.4 is 5.32 Å². The van der Waals surface area contributed by atoms with Gasteiger partial charge in [0.1, 0.15) is 5.92 Å². The molecule has 0 saturated heterocycles. The highest BCUT2D eigenvalue weighted by molar-refractivity contribution is 7.80. The van der Waals surface area contributed by atoms with Crippen molar-refractivity contribution >= 4 is 46.5 Å². The van der Waals surface area contributed by atoms with Crippen molar-refractivity contribution in [3.63, 3.8) is 0 Å². The molecule has 25 heavy (non-hydrogen) atoms. The Morgan fingerprint density at radius 1 is 0.960 bits per heavy atom. The lowest BCUT2D eigenvalue weighted by Gasteiger charge is -2.27. The number of nitriles is 1. The molecule has 2 aromatic rings. The Hall–Kier alpha value is -2.12. The van der Waals surface area contributed by atoms with Gasteiger partial charge in [-0.15, -0.1) is 0 Å². The summed E-state index contributed by atoms with van der Waals surface area (Å²) in [6.07, 6.45) is 5.95. The summed E-state index contributed by atoms with van der Waals surface area (Å²) < 4.78 is 0. The van der Waals surface area contributed by atoms with Gasteiger partial charge < -0.3 is 5.32 Å². The van der Waals surface area contributed by atoms with E-state index >= 15 is 0 Å². The largest absolute Gasteiger partial charge is 0.349 e. The maximum Gasteiger partial charge on any atom is 0.107 e. The van der Waals surface area contributed by atoms with Crippen molar-refractivity contribution in [2.75, 3.05) is 0 Å². The molecule has 0 aromatic heterocycles. The topological polar surface area (TPSA) is 35.8 Å². The molecule has 124 valence electrons. The summed E-state index contributed by atoms with van der Waals surface area (Å²) in [6, 6.07) is 17.4. The van der Waals surface area contributed by atoms with E-state index in [0.717, 1.165) is 16.8 Å². The van der Waals surface area contributed by atoms with Gasteiger partial charge in [0.25, 0.3) is 0 Å². The van der Waals surface area contributed by atoms with Crippen molar-refractivity contribution in [3.05, 3.63) is 87.6 Å². The Kier molecular flexibility index (Phi) is 5.55. The van der Waals surface area contributed by atoms with Crippen LogP contribution in [0.1, 0.15) is 17.0 Å². The van der Waals surface area contributed by atoms with Gasteiger partial charge in [0.15, 0.2) is 0 Å². The molecule has 2 unspecified atom stereocenters. The van der Waals surface area contributed by atoms with Crippen LogP contribution in [0.5, 0.6) is 0 Å². The molecule has 2 aromatic carbocycles. The zero-order chi connectivity index (χ0) is 17.8. The molecule has 0 saturated carbocycles. The number of allylic oxidation sites excluding steroid dienone is 2. The minimum Gasteiger partial charge on any atom is -0.349 e. The third-order valence-corrected chi connectivity index (χ3v) is 4.85. The van der Waals surface area contributed by atoms with Crippen molar-refractivity contribution in [1.29, 1.82) is 5.26 Å². The van der Waals surface area contributed by atoms with Crippen LogP contribution in [-0.2, 0) is 0 Å². The van der Waals surface area contributed by atoms with Gasteiger partial charge in [-0.25, -0.2) is 0 Å². The second-order valence-corrected chi connectivity index (χ2v) is 6.99. The normalized spacial score (nSPS) is 20.0. The Balaban J connectivity index is 1.91. The average molecular weight is 385 g/mol. The summed E-state index contributed by atoms with van der Waals surface area (Å²) in [6.45, 7) is 0. The molecule has 1 aliphatic heterocycles. The number of nitrogens with one attached hydrogen (secondary N) is 1. The summed E-state index contributed by atoms with van der Waals surface area (Å²) in [4.78, 5) is 0.528. The number of hydrogen-bond acceptors (Lipinski definition) is 2. The highest BCUT2D eigenvalue weighted by Crippen LogP contribution is 2.32. The van der Waals surface area contributed by atoms with Crippen LogP contribution in [0.15, 0.2) is 66.4 Å². The molecule has 2 atom stereocenters. The second kappa shape index (κ2) is 7.84. The van der Waals surface area contributed by atoms with Gasteiger partial charge >= 0.3 is 0 Å². The minimum absolute atomic E-state index is 0.110. The van der Waals surface area contributed by atoms with Crippen molar-refractivity contribution in [2.45, 2.75) is 5.92 Å². The third-order valence-electron chi connectivity index (χ3n) is 3.99. The molecule has 1 aliphatic rings. The van der Waals surface area contributed by atoms with Crippen LogP contribution in [0.3, 0.4) is 0 Å². The SMILES string of the molecule is N#CC1C(=S)NC(/C=C/c2ccc(Cl)cc2)=CC1c1ccc(Cl)cc1. The van der Waals surface area contributed by atoms with E-state index < -0.39 is 5.92 Å². The first-order valence-corrected chi connectivity index (χ1v) is 8.84. The number of hydrogen-bond donors (Lipinski definition) is 1. The highest BCUT2D eigenvalue weighted by atomic mass is 35.5. The van der Waals surface area contributed by atoms with Gasteiger partial charge in [-0.2, -0.15) is 5.26 Å². The monoisotopic (exact) mass is 384 g/mol. The molecule has 1 N–H and O–H groups in total. The van der Waals surface area contributed by atoms with Gasteiger partial charge in [0.2, 0.25) is 0 Å². The molecular formula is C20H14Cl2N2S. The predicted octanol–water partition coefficient (Wildman–Crippen LogP) is 5.74. The van der Waals surface area contributed by atoms with Gasteiger partial charge in [-0.3, -0.25) is 0 Å². The quantitative estimate of drug-likeness (QED) is 0.684. The van der Waals surface area contributed by atoms with E-state index in [1.807, 2.05) is 66.8 Å². The van der Waals surface area contributed by atoms with Gasteiger partial charge in [0.05, 0.1) is 11.1 Å². The van der Waals surface area contributed by atoms with Crippen molar-refractivity contribution < 1.29 is 0 Å². The van der Waals surface area contributed by atoms with Crippen LogP contribution in [0.2, 0.25) is 10.0 Å². The summed E-state index contributed by atoms with van der Waals surface area (Å²) >= 11 is 17.3. The van der Waals surface area contributed by atoms with E-state index in [9.17, 15) is 5.26 Å². The third kappa shape index (κ3) is 4.29. The maximum absolute atomic E-state index is 9.50. The zero-order valence-electron chi connectivity index (χ0n) is 13.1. The van der Waals surface area contributed by atoms with Crippen LogP contribution in [0, 0.1) is 17.2 Å². The van der Waals surface area contributed by atoms with E-state index in [4.69, 9.17) is 35.4 Å². The predicted molar refractivity (Wildman–Crippen MR) is 108 cm³/mol. The van der Waals surface area contributed by atoms with Crippen LogP contribution in [0.25, 0.3) is 6.08 Å². The standard InChI is InChI=1S/C20H14Cl2N2S/c21-15-6-1-13(2-7-15)3-10-17-11-18(19(12-23)20(25)24-17)14-4-8-16(22)9-5-14/h1-11,18-19H,(H,24,25)/b10-3+. The molecule has 3 rings (SSSR count). The number of nitrogens with zero attached hydrogens (tertiary/aromatic N) is 1. The molecule has 2 nitrogen and oxygen atoms in total. The summed E-state index contributed by atoms with van der Waals surface area (Å²) in [5.41, 5.74) is 2.91. The lowest BCUT2D eigenvalue weighted by Crippen LogP contribution is -2.35. The van der Waals surface area contributed by atoms with Crippen molar-refractivity contribution in [3.8, 4) is 6.07 Å². The molecule has 5 heteroatoms. The highest BCUT2D eigenvalue weighted by Gasteiger charge is 2.29. The maximum atomic E-state index is 9.50. The van der Waals surface area contributed by atoms with Gasteiger partial charge in [0, 0.05) is 21.7 Å². The average Bonchev–Trinajstić information content (AvgIpc) is 2.61. The van der Waals surface area contributed by atoms with Gasteiger partial charge in [-0.05, 0) is 41.5 Å². The zero-order valence-corrected chi connectivity index (χ0v) is 15.4. The number of rotatable bonds is 3. The molecule has 0 amide bonds. The molecule has 1 heterocycles. The minimum atomic E-state index is -0.399. The van der Waals surface area contributed by atoms with Crippen LogP contribution in [-0.4, -0.2) is 4.99 Å². The smallest absolute Gasteiger partial charge is 0.107 e. The molecule has 0 radical (unpaired) electrons. The molecular weight excluding hydrogens is 371 g/mol. The van der Waals surface area contributed by atoms with E-state index in [1.165, 1.54) is 0 Å². The summed E-state index contributed by atoms with van der Waals surface area (Å²) in [7, 11) is 0. The lowest BCUT2D eigenvalue weighted by atomic mass is 9.83. The molecule has 0 bridgehead atoms. The van der Waals surface area contributed by atoms with E-state index in [-0.39, 0.29) is 5.92 Å². The Labute approximate surface area is 162 Å². The second-order valence-electron chi connectivity index (χ2n) is 5.68. The Bertz CT molecular complexity index is 877. The molecule has 0 spiro atoms. The molecule has 0 fully saturated rings. The van der Waals surface area contributed by atoms with Crippen LogP contribution >= 0.6 is 35.4 Å². The first-order valence-electron chi connectivity index (χ1n) is 7.68. The molecule has 0 aliphatic carbocycles. The number of thiocarbonyl (C=S) groups is 1. The van der Waals surface area contributed by atoms with E-state index in [2.05, 4.69) is 11.4 Å². The number of halogens is 2. The van der Waals surface area contributed by atoms with E-state index in [0.29, 0.717) is 15.0 Å². The van der Waals surface area contributed by atoms with Crippen molar-refractivity contribution in [1.82, 2.24) is 5.32 Å². The summed E-state index contributed by atoms with van der Waals surface area (Å²) in [5, 5.41) is 14.0. The van der Waals surface area contributed by atoms with Crippen molar-refractivity contribution in [2.24, 2.45) is 5.92 Å². The fraction of sp³-hybridized carbons (Fsp3) is 0.100. The first-order chi connectivity index (χ1) is 12.1. The fourth-order valence-corrected chi connectivity index (χ4v) is 3.25. The first kappa shape index (κ1) is 17.7. The van der Waals surface area contributed by atoms with E-state index in [1.54, 1.807) is 0 Å². The Morgan fingerprint density at radius 3 is 2.16 bits per heavy atom. The van der Waals surface area contributed by atoms with Crippen LogP contribution in [0.4, 0.5) is 0 Å². The van der Waals surface area contributed by atoms with Gasteiger partial charge in [-0.1, -0.05) is 71.8 Å². The number of benzene rings is 2. The Morgan fingerprint density at radius 2 is 1.56 bits per heavy atom. The summed E-state index contributed by atoms with van der Waals surface area (Å²) in [5.74, 6) is -0.509. The lowest BCUT2D eigenvalue weighted by molar-refractivity contribution is 0.717. The fourth-order valence-electron chi connectivity index (χ4n) is 2.68.